The second kappa shape index (κ2) is 11.9. The molecule has 2 N–H and O–H groups in total. The molecule has 2 aromatic rings. The molecule has 0 unspecified atom stereocenters. The minimum absolute atomic E-state index is 0. The van der Waals surface area contributed by atoms with Crippen molar-refractivity contribution in [1.29, 1.82) is 0 Å². The number of rotatable bonds is 8. The van der Waals surface area contributed by atoms with Crippen LogP contribution in [0.5, 0.6) is 17.2 Å². The average Bonchev–Trinajstić information content (AvgIpc) is 3.00. The second-order valence-corrected chi connectivity index (χ2v) is 7.10. The second-order valence-electron chi connectivity index (χ2n) is 5.81. The zero-order valence-electron chi connectivity index (χ0n) is 17.2. The third-order valence-corrected chi connectivity index (χ3v) is 5.03. The van der Waals surface area contributed by atoms with Gasteiger partial charge in [-0.2, -0.15) is 0 Å². The number of benzene rings is 1. The third kappa shape index (κ3) is 6.40. The van der Waals surface area contributed by atoms with Gasteiger partial charge < -0.3 is 24.8 Å². The Morgan fingerprint density at radius 3 is 2.21 bits per heavy atom. The number of hydrogen-bond acceptors (Lipinski definition) is 6. The summed E-state index contributed by atoms with van der Waals surface area (Å²) in [5, 5.41) is 7.70. The first kappa shape index (κ1) is 24.3. The van der Waals surface area contributed by atoms with Crippen LogP contribution >= 0.6 is 35.3 Å². The van der Waals surface area contributed by atoms with Gasteiger partial charge in [-0.25, -0.2) is 9.98 Å². The summed E-state index contributed by atoms with van der Waals surface area (Å²) in [6.07, 6.45) is 0. The van der Waals surface area contributed by atoms with Crippen molar-refractivity contribution < 1.29 is 14.2 Å². The van der Waals surface area contributed by atoms with Gasteiger partial charge in [0.1, 0.15) is 5.75 Å². The molecule has 0 spiro atoms. The van der Waals surface area contributed by atoms with Crippen LogP contribution < -0.4 is 24.8 Å². The quantitative estimate of drug-likeness (QED) is 0.315. The third-order valence-electron chi connectivity index (χ3n) is 3.95. The average molecular weight is 520 g/mol. The standard InChI is InChI=1S/C19H28N4O3S.HI/c1-7-20-19(22-11-18-12(2)23-13(3)27-18)21-10-14-8-16(25-5)17(26-6)9-15(14)24-4;/h8-9H,7,10-11H2,1-6H3,(H2,20,21,22);1H. The first-order valence-electron chi connectivity index (χ1n) is 8.76. The lowest BCUT2D eigenvalue weighted by Crippen LogP contribution is -2.36. The van der Waals surface area contributed by atoms with Gasteiger partial charge in [0.15, 0.2) is 17.5 Å². The zero-order valence-corrected chi connectivity index (χ0v) is 20.4. The molecule has 7 nitrogen and oxygen atoms in total. The molecular weight excluding hydrogens is 491 g/mol. The van der Waals surface area contributed by atoms with E-state index in [1.807, 2.05) is 32.9 Å². The summed E-state index contributed by atoms with van der Waals surface area (Å²) in [6, 6.07) is 3.70. The number of aromatic nitrogens is 1. The van der Waals surface area contributed by atoms with Crippen molar-refractivity contribution in [3.05, 3.63) is 33.3 Å². The van der Waals surface area contributed by atoms with Crippen LogP contribution in [-0.4, -0.2) is 38.8 Å². The van der Waals surface area contributed by atoms with Crippen molar-refractivity contribution in [1.82, 2.24) is 15.6 Å². The van der Waals surface area contributed by atoms with Crippen LogP contribution in [0.15, 0.2) is 17.1 Å². The van der Waals surface area contributed by atoms with Crippen molar-refractivity contribution in [2.45, 2.75) is 33.9 Å². The molecule has 0 bridgehead atoms. The molecule has 1 aromatic heterocycles. The fourth-order valence-electron chi connectivity index (χ4n) is 2.62. The van der Waals surface area contributed by atoms with Gasteiger partial charge in [0.2, 0.25) is 0 Å². The molecular formula is C19H29IN4O3S. The van der Waals surface area contributed by atoms with E-state index in [1.165, 1.54) is 4.88 Å². The van der Waals surface area contributed by atoms with E-state index in [2.05, 4.69) is 20.6 Å². The number of nitrogens with one attached hydrogen (secondary N) is 2. The van der Waals surface area contributed by atoms with Gasteiger partial charge in [-0.15, -0.1) is 35.3 Å². The predicted octanol–water partition coefficient (Wildman–Crippen LogP) is 3.66. The number of thiazole rings is 1. The molecule has 28 heavy (non-hydrogen) atoms. The smallest absolute Gasteiger partial charge is 0.191 e. The van der Waals surface area contributed by atoms with E-state index in [0.717, 1.165) is 28.8 Å². The fourth-order valence-corrected chi connectivity index (χ4v) is 3.50. The molecule has 1 heterocycles. The summed E-state index contributed by atoms with van der Waals surface area (Å²) < 4.78 is 16.2. The molecule has 0 saturated heterocycles. The summed E-state index contributed by atoms with van der Waals surface area (Å²) in [4.78, 5) is 10.3. The molecule has 0 atom stereocenters. The van der Waals surface area contributed by atoms with Crippen LogP contribution in [0.25, 0.3) is 0 Å². The van der Waals surface area contributed by atoms with Crippen LogP contribution in [-0.2, 0) is 13.1 Å². The maximum absolute atomic E-state index is 5.48. The highest BCUT2D eigenvalue weighted by Crippen LogP contribution is 2.34. The minimum atomic E-state index is 0. The van der Waals surface area contributed by atoms with Crippen LogP contribution in [0.2, 0.25) is 0 Å². The number of hydrogen-bond donors (Lipinski definition) is 2. The number of halogens is 1. The first-order valence-corrected chi connectivity index (χ1v) is 9.57. The van der Waals surface area contributed by atoms with Gasteiger partial charge in [-0.3, -0.25) is 0 Å². The highest BCUT2D eigenvalue weighted by atomic mass is 127. The van der Waals surface area contributed by atoms with Gasteiger partial charge in [-0.1, -0.05) is 0 Å². The van der Waals surface area contributed by atoms with E-state index in [4.69, 9.17) is 14.2 Å². The number of aryl methyl sites for hydroxylation is 2. The van der Waals surface area contributed by atoms with Crippen molar-refractivity contribution >= 4 is 41.3 Å². The maximum Gasteiger partial charge on any atom is 0.191 e. The molecule has 0 amide bonds. The Balaban J connectivity index is 0.00000392. The van der Waals surface area contributed by atoms with Crippen LogP contribution in [0.3, 0.4) is 0 Å². The number of aliphatic imine (C=N–C) groups is 1. The van der Waals surface area contributed by atoms with Crippen molar-refractivity contribution in [2.75, 3.05) is 27.9 Å². The van der Waals surface area contributed by atoms with Crippen molar-refractivity contribution in [2.24, 2.45) is 4.99 Å². The number of guanidine groups is 1. The van der Waals surface area contributed by atoms with Crippen LogP contribution in [0.1, 0.15) is 28.1 Å². The van der Waals surface area contributed by atoms with E-state index >= 15 is 0 Å². The Kier molecular flexibility index (Phi) is 10.4. The van der Waals surface area contributed by atoms with Gasteiger partial charge >= 0.3 is 0 Å². The lowest BCUT2D eigenvalue weighted by molar-refractivity contribution is 0.347. The molecule has 0 aliphatic heterocycles. The monoisotopic (exact) mass is 520 g/mol. The molecule has 9 heteroatoms. The Morgan fingerprint density at radius 2 is 1.68 bits per heavy atom. The van der Waals surface area contributed by atoms with Gasteiger partial charge in [0, 0.05) is 23.1 Å². The van der Waals surface area contributed by atoms with Crippen molar-refractivity contribution in [3.8, 4) is 17.2 Å². The fraction of sp³-hybridized carbons (Fsp3) is 0.474. The van der Waals surface area contributed by atoms with Crippen molar-refractivity contribution in [3.63, 3.8) is 0 Å². The topological polar surface area (TPSA) is 77.0 Å². The Labute approximate surface area is 187 Å². The molecule has 0 fully saturated rings. The summed E-state index contributed by atoms with van der Waals surface area (Å²) in [6.45, 7) is 7.99. The summed E-state index contributed by atoms with van der Waals surface area (Å²) in [5.41, 5.74) is 1.97. The Bertz CT molecular complexity index is 796. The lowest BCUT2D eigenvalue weighted by atomic mass is 10.1. The number of methoxy groups -OCH3 is 3. The summed E-state index contributed by atoms with van der Waals surface area (Å²) >= 11 is 1.70. The number of ether oxygens (including phenoxy) is 3. The van der Waals surface area contributed by atoms with Crippen LogP contribution in [0.4, 0.5) is 0 Å². The number of nitrogens with zero attached hydrogens (tertiary/aromatic N) is 2. The molecule has 0 aliphatic rings. The molecule has 1 aromatic carbocycles. The Hall–Kier alpha value is -1.75. The van der Waals surface area contributed by atoms with E-state index in [-0.39, 0.29) is 24.0 Å². The molecule has 2 rings (SSSR count). The summed E-state index contributed by atoms with van der Waals surface area (Å²) in [7, 11) is 4.85. The van der Waals surface area contributed by atoms with E-state index in [0.29, 0.717) is 30.3 Å². The largest absolute Gasteiger partial charge is 0.496 e. The van der Waals surface area contributed by atoms with E-state index < -0.39 is 0 Å². The predicted molar refractivity (Wildman–Crippen MR) is 125 cm³/mol. The van der Waals surface area contributed by atoms with E-state index in [1.54, 1.807) is 32.7 Å². The minimum Gasteiger partial charge on any atom is -0.496 e. The van der Waals surface area contributed by atoms with Gasteiger partial charge in [0.25, 0.3) is 0 Å². The first-order chi connectivity index (χ1) is 13.0. The molecule has 156 valence electrons. The van der Waals surface area contributed by atoms with Gasteiger partial charge in [-0.05, 0) is 26.8 Å². The highest BCUT2D eigenvalue weighted by Gasteiger charge is 2.12. The molecule has 0 aliphatic carbocycles. The highest BCUT2D eigenvalue weighted by molar-refractivity contribution is 14.0. The Morgan fingerprint density at radius 1 is 1.04 bits per heavy atom. The lowest BCUT2D eigenvalue weighted by Gasteiger charge is -2.14. The maximum atomic E-state index is 5.48. The van der Waals surface area contributed by atoms with E-state index in [9.17, 15) is 0 Å². The zero-order chi connectivity index (χ0) is 19.8. The summed E-state index contributed by atoms with van der Waals surface area (Å²) in [5.74, 6) is 2.72. The normalized spacial score (nSPS) is 10.9. The SMILES string of the molecule is CCNC(=NCc1cc(OC)c(OC)cc1OC)NCc1sc(C)nc1C.I. The van der Waals surface area contributed by atoms with Gasteiger partial charge in [0.05, 0.1) is 45.1 Å². The molecule has 0 saturated carbocycles. The molecule has 0 radical (unpaired) electrons. The van der Waals surface area contributed by atoms with Crippen LogP contribution in [0, 0.1) is 13.8 Å².